The van der Waals surface area contributed by atoms with Gasteiger partial charge in [0.15, 0.2) is 11.4 Å². The van der Waals surface area contributed by atoms with Gasteiger partial charge in [0, 0.05) is 43.9 Å². The molecule has 3 heterocycles. The first-order chi connectivity index (χ1) is 27.2. The number of aromatic nitrogens is 3. The third-order valence-electron chi connectivity index (χ3n) is 11.1. The van der Waals surface area contributed by atoms with E-state index in [2.05, 4.69) is 175 Å². The maximum atomic E-state index is 8.32. The quantitative estimate of drug-likeness (QED) is 0.163. The molecule has 3 aromatic heterocycles. The molecule has 254 valence electrons. The maximum Gasteiger partial charge on any atom is 0.196 e. The van der Waals surface area contributed by atoms with Crippen LogP contribution in [0.3, 0.4) is 0 Å². The molecule has 11 aromatic rings. The van der Waals surface area contributed by atoms with Crippen LogP contribution in [0.5, 0.6) is 0 Å². The molecular weight excluding hydrogens is 671 g/mol. The second-order valence-corrected chi connectivity index (χ2v) is 13.9. The Kier molecular flexibility index (Phi) is 6.61. The summed E-state index contributed by atoms with van der Waals surface area (Å²) in [4.78, 5) is 7.82. The molecular formula is C50H29N5. The van der Waals surface area contributed by atoms with Gasteiger partial charge in [-0.05, 0) is 77.7 Å². The highest BCUT2D eigenvalue weighted by Crippen LogP contribution is 2.44. The molecule has 0 aliphatic heterocycles. The van der Waals surface area contributed by atoms with Crippen molar-refractivity contribution in [1.29, 1.82) is 0 Å². The largest absolute Gasteiger partial charge is 0.310 e. The van der Waals surface area contributed by atoms with Crippen molar-refractivity contribution in [3.05, 3.63) is 199 Å². The van der Waals surface area contributed by atoms with E-state index in [4.69, 9.17) is 13.1 Å². The molecule has 0 aliphatic carbocycles. The molecule has 0 saturated heterocycles. The average Bonchev–Trinajstić information content (AvgIpc) is 3.89. The van der Waals surface area contributed by atoms with Crippen LogP contribution >= 0.6 is 0 Å². The van der Waals surface area contributed by atoms with Gasteiger partial charge in [0.2, 0.25) is 0 Å². The van der Waals surface area contributed by atoms with Crippen LogP contribution in [-0.4, -0.2) is 13.7 Å². The summed E-state index contributed by atoms with van der Waals surface area (Å²) in [5.41, 5.74) is 12.7. The van der Waals surface area contributed by atoms with Gasteiger partial charge in [0.05, 0.1) is 51.9 Å². The zero-order chi connectivity index (χ0) is 36.6. The van der Waals surface area contributed by atoms with Crippen LogP contribution in [0.4, 0.5) is 11.4 Å². The summed E-state index contributed by atoms with van der Waals surface area (Å²) in [7, 11) is 0. The maximum absolute atomic E-state index is 8.32. The van der Waals surface area contributed by atoms with Crippen molar-refractivity contribution >= 4 is 76.8 Å². The van der Waals surface area contributed by atoms with Crippen LogP contribution in [0.1, 0.15) is 0 Å². The van der Waals surface area contributed by atoms with E-state index in [1.165, 1.54) is 10.8 Å². The summed E-state index contributed by atoms with van der Waals surface area (Å²) < 4.78 is 6.98. The molecule has 0 aliphatic rings. The predicted octanol–water partition coefficient (Wildman–Crippen LogP) is 13.7. The van der Waals surface area contributed by atoms with E-state index in [0.717, 1.165) is 82.8 Å². The van der Waals surface area contributed by atoms with Crippen molar-refractivity contribution in [2.24, 2.45) is 0 Å². The van der Waals surface area contributed by atoms with Crippen LogP contribution in [-0.2, 0) is 0 Å². The van der Waals surface area contributed by atoms with Crippen LogP contribution in [0.15, 0.2) is 176 Å². The van der Waals surface area contributed by atoms with Crippen molar-refractivity contribution in [3.8, 4) is 28.2 Å². The van der Waals surface area contributed by atoms with E-state index in [1.807, 2.05) is 24.3 Å². The van der Waals surface area contributed by atoms with E-state index in [1.54, 1.807) is 0 Å². The first kappa shape index (κ1) is 30.7. The lowest BCUT2D eigenvalue weighted by molar-refractivity contribution is 1.17. The van der Waals surface area contributed by atoms with Crippen LogP contribution in [0.25, 0.3) is 103 Å². The molecule has 0 fully saturated rings. The Bertz CT molecular complexity index is 3400. The Balaban J connectivity index is 1.15. The monoisotopic (exact) mass is 699 g/mol. The average molecular weight is 700 g/mol. The molecule has 0 saturated carbocycles. The minimum absolute atomic E-state index is 0.599. The molecule has 0 bridgehead atoms. The summed E-state index contributed by atoms with van der Waals surface area (Å²) in [5, 5.41) is 6.86. The third-order valence-corrected chi connectivity index (χ3v) is 11.1. The normalized spacial score (nSPS) is 11.6. The van der Waals surface area contributed by atoms with Crippen molar-refractivity contribution in [2.45, 2.75) is 0 Å². The van der Waals surface area contributed by atoms with Gasteiger partial charge < -0.3 is 13.7 Å². The number of benzene rings is 8. The van der Waals surface area contributed by atoms with E-state index in [9.17, 15) is 0 Å². The number of nitrogens with zero attached hydrogens (tertiary/aromatic N) is 5. The Morgan fingerprint density at radius 1 is 0.364 bits per heavy atom. The summed E-state index contributed by atoms with van der Waals surface area (Å²) in [5.74, 6) is 0. The summed E-state index contributed by atoms with van der Waals surface area (Å²) in [6.07, 6.45) is 0. The molecule has 55 heavy (non-hydrogen) atoms. The summed E-state index contributed by atoms with van der Waals surface area (Å²) >= 11 is 0. The number of fused-ring (bicyclic) bond motifs is 9. The lowest BCUT2D eigenvalue weighted by Crippen LogP contribution is -1.99. The Labute approximate surface area is 316 Å². The van der Waals surface area contributed by atoms with Crippen molar-refractivity contribution in [2.75, 3.05) is 0 Å². The number of rotatable bonds is 4. The molecule has 5 heteroatoms. The molecule has 0 spiro atoms. The van der Waals surface area contributed by atoms with Crippen LogP contribution < -0.4 is 0 Å². The first-order valence-electron chi connectivity index (χ1n) is 18.3. The van der Waals surface area contributed by atoms with E-state index in [0.29, 0.717) is 11.4 Å². The van der Waals surface area contributed by atoms with Crippen molar-refractivity contribution in [1.82, 2.24) is 13.7 Å². The molecule has 11 rings (SSSR count). The van der Waals surface area contributed by atoms with Gasteiger partial charge >= 0.3 is 0 Å². The van der Waals surface area contributed by atoms with E-state index >= 15 is 0 Å². The fourth-order valence-electron chi connectivity index (χ4n) is 8.82. The predicted molar refractivity (Wildman–Crippen MR) is 227 cm³/mol. The number of hydrogen-bond donors (Lipinski definition) is 0. The van der Waals surface area contributed by atoms with Gasteiger partial charge in [-0.15, -0.1) is 0 Å². The SMILES string of the molecule is [C-]#[N+]c1ccc2c(c1)c1ccccc1n2-c1cccc2c1c1ccccc1n2-c1cccc([N+]#[C-])c1-c1ccc(-n2c3ccccc3c3ccccc32)cc1. The second kappa shape index (κ2) is 11.8. The smallest absolute Gasteiger partial charge is 0.196 e. The minimum Gasteiger partial charge on any atom is -0.310 e. The number of hydrogen-bond acceptors (Lipinski definition) is 0. The van der Waals surface area contributed by atoms with Gasteiger partial charge in [-0.1, -0.05) is 109 Å². The van der Waals surface area contributed by atoms with Gasteiger partial charge in [0.25, 0.3) is 0 Å². The molecule has 0 unspecified atom stereocenters. The highest BCUT2D eigenvalue weighted by Gasteiger charge is 2.22. The lowest BCUT2D eigenvalue weighted by atomic mass is 10.0. The second-order valence-electron chi connectivity index (χ2n) is 13.9. The lowest BCUT2D eigenvalue weighted by Gasteiger charge is -2.17. The van der Waals surface area contributed by atoms with Gasteiger partial charge in [0.1, 0.15) is 0 Å². The highest BCUT2D eigenvalue weighted by atomic mass is 15.0. The van der Waals surface area contributed by atoms with E-state index in [-0.39, 0.29) is 0 Å². The Morgan fingerprint density at radius 3 is 1.53 bits per heavy atom. The molecule has 5 nitrogen and oxygen atoms in total. The van der Waals surface area contributed by atoms with Crippen LogP contribution in [0.2, 0.25) is 0 Å². The number of para-hydroxylation sites is 4. The molecule has 0 N–H and O–H groups in total. The fourth-order valence-corrected chi connectivity index (χ4v) is 8.82. The third kappa shape index (κ3) is 4.39. The molecule has 0 radical (unpaired) electrons. The zero-order valence-corrected chi connectivity index (χ0v) is 29.5. The summed E-state index contributed by atoms with van der Waals surface area (Å²) in [6, 6.07) is 61.3. The Morgan fingerprint density at radius 2 is 0.873 bits per heavy atom. The zero-order valence-electron chi connectivity index (χ0n) is 29.5. The molecule has 0 amide bonds. The van der Waals surface area contributed by atoms with E-state index < -0.39 is 0 Å². The highest BCUT2D eigenvalue weighted by molar-refractivity contribution is 6.17. The van der Waals surface area contributed by atoms with Crippen molar-refractivity contribution in [3.63, 3.8) is 0 Å². The van der Waals surface area contributed by atoms with Gasteiger partial charge in [-0.3, -0.25) is 0 Å². The fraction of sp³-hybridized carbons (Fsp3) is 0. The minimum atomic E-state index is 0.599. The first-order valence-corrected chi connectivity index (χ1v) is 18.3. The molecule has 8 aromatic carbocycles. The topological polar surface area (TPSA) is 23.5 Å². The standard InChI is InChI=1S/C50H29N5/c1-51-33-27-30-45-39(31-33)37-15-5-9-20-43(37)54(45)47-23-12-24-48-50(47)38-16-6-10-21-44(38)55(48)46-22-11-17-40(52-2)49(46)32-25-28-34(29-26-32)53-41-18-7-3-13-35(41)36-14-4-8-19-42(36)53/h3-31H. The van der Waals surface area contributed by atoms with Gasteiger partial charge in [-0.2, -0.15) is 0 Å². The summed E-state index contributed by atoms with van der Waals surface area (Å²) in [6.45, 7) is 16.0. The molecule has 0 atom stereocenters. The van der Waals surface area contributed by atoms with Gasteiger partial charge in [-0.25, -0.2) is 9.69 Å². The Hall–Kier alpha value is -7.86. The van der Waals surface area contributed by atoms with Crippen molar-refractivity contribution < 1.29 is 0 Å². The van der Waals surface area contributed by atoms with Crippen LogP contribution in [0, 0.1) is 13.1 Å².